The number of hydrogen-bond acceptors (Lipinski definition) is 4. The maximum absolute atomic E-state index is 12.6. The molecule has 0 saturated carbocycles. The second-order valence-corrected chi connectivity index (χ2v) is 10.0. The van der Waals surface area contributed by atoms with Crippen molar-refractivity contribution in [1.82, 2.24) is 14.5 Å². The molecule has 1 unspecified atom stereocenters. The zero-order chi connectivity index (χ0) is 19.0. The summed E-state index contributed by atoms with van der Waals surface area (Å²) in [7, 11) is 0.872. The van der Waals surface area contributed by atoms with Gasteiger partial charge in [0.15, 0.2) is 0 Å². The summed E-state index contributed by atoms with van der Waals surface area (Å²) in [6, 6.07) is 0.147. The van der Waals surface area contributed by atoms with Gasteiger partial charge in [-0.1, -0.05) is 27.2 Å². The summed E-state index contributed by atoms with van der Waals surface area (Å²) in [4.78, 5) is 14.7. The molecule has 0 aromatic rings. The molecule has 148 valence electrons. The van der Waals surface area contributed by atoms with Gasteiger partial charge in [-0.3, -0.25) is 4.79 Å². The number of likely N-dealkylation sites (N-methyl/N-ethyl adjacent to an activating group) is 1. The Labute approximate surface area is 154 Å². The van der Waals surface area contributed by atoms with Crippen LogP contribution < -0.4 is 5.32 Å². The average Bonchev–Trinajstić information content (AvgIpc) is 2.51. The lowest BCUT2D eigenvalue weighted by Gasteiger charge is -2.32. The Hall–Kier alpha value is -0.660. The van der Waals surface area contributed by atoms with Crippen molar-refractivity contribution in [3.63, 3.8) is 0 Å². The summed E-state index contributed by atoms with van der Waals surface area (Å²) in [5.41, 5.74) is 0. The molecule has 6 nitrogen and oxygen atoms in total. The van der Waals surface area contributed by atoms with Crippen molar-refractivity contribution in [1.29, 1.82) is 0 Å². The van der Waals surface area contributed by atoms with E-state index in [-0.39, 0.29) is 23.6 Å². The van der Waals surface area contributed by atoms with Gasteiger partial charge in [0, 0.05) is 31.6 Å². The van der Waals surface area contributed by atoms with Crippen molar-refractivity contribution in [2.45, 2.75) is 58.9 Å². The minimum absolute atomic E-state index is 0.0746. The van der Waals surface area contributed by atoms with Crippen LogP contribution in [0.2, 0.25) is 0 Å². The average molecular weight is 376 g/mol. The number of piperidine rings is 1. The van der Waals surface area contributed by atoms with E-state index in [1.807, 2.05) is 21.0 Å². The van der Waals surface area contributed by atoms with E-state index in [0.717, 1.165) is 19.4 Å². The summed E-state index contributed by atoms with van der Waals surface area (Å²) in [5, 5.41) is 3.19. The van der Waals surface area contributed by atoms with Crippen LogP contribution in [-0.2, 0) is 14.8 Å². The van der Waals surface area contributed by atoms with E-state index in [9.17, 15) is 13.2 Å². The van der Waals surface area contributed by atoms with Gasteiger partial charge in [0.1, 0.15) is 0 Å². The van der Waals surface area contributed by atoms with E-state index in [2.05, 4.69) is 24.1 Å². The Balaban J connectivity index is 2.53. The van der Waals surface area contributed by atoms with Crippen LogP contribution in [-0.4, -0.2) is 69.1 Å². The summed E-state index contributed by atoms with van der Waals surface area (Å²) in [6.07, 6.45) is 3.76. The number of carbonyl (C=O) groups excluding carboxylic acids is 1. The minimum Gasteiger partial charge on any atom is -0.352 e. The van der Waals surface area contributed by atoms with Crippen LogP contribution in [0, 0.1) is 11.8 Å². The van der Waals surface area contributed by atoms with E-state index in [1.165, 1.54) is 0 Å². The SMILES string of the molecule is CCCCS(=O)(=O)N1CCC(C(=O)NC(CC(C)C)CN(C)C)CC1. The number of carbonyl (C=O) groups is 1. The Morgan fingerprint density at radius 1 is 1.24 bits per heavy atom. The van der Waals surface area contributed by atoms with Crippen molar-refractivity contribution in [2.75, 3.05) is 39.5 Å². The lowest BCUT2D eigenvalue weighted by Crippen LogP contribution is -2.48. The van der Waals surface area contributed by atoms with Crippen molar-refractivity contribution in [2.24, 2.45) is 11.8 Å². The highest BCUT2D eigenvalue weighted by Gasteiger charge is 2.31. The number of nitrogens with one attached hydrogen (secondary N) is 1. The van der Waals surface area contributed by atoms with Crippen LogP contribution in [0.4, 0.5) is 0 Å². The maximum Gasteiger partial charge on any atom is 0.223 e. The molecule has 0 radical (unpaired) electrons. The van der Waals surface area contributed by atoms with Gasteiger partial charge in [-0.05, 0) is 45.7 Å². The first-order valence-corrected chi connectivity index (χ1v) is 11.2. The first-order valence-electron chi connectivity index (χ1n) is 9.58. The third kappa shape index (κ3) is 8.05. The summed E-state index contributed by atoms with van der Waals surface area (Å²) in [6.45, 7) is 8.07. The van der Waals surface area contributed by atoms with Crippen molar-refractivity contribution >= 4 is 15.9 Å². The minimum atomic E-state index is -3.15. The number of rotatable bonds is 10. The lowest BCUT2D eigenvalue weighted by molar-refractivity contribution is -0.127. The molecule has 0 bridgehead atoms. The molecular formula is C18H37N3O3S. The van der Waals surface area contributed by atoms with Crippen molar-refractivity contribution in [3.8, 4) is 0 Å². The monoisotopic (exact) mass is 375 g/mol. The lowest BCUT2D eigenvalue weighted by atomic mass is 9.96. The van der Waals surface area contributed by atoms with E-state index >= 15 is 0 Å². The zero-order valence-electron chi connectivity index (χ0n) is 16.6. The maximum atomic E-state index is 12.6. The van der Waals surface area contributed by atoms with Gasteiger partial charge in [-0.2, -0.15) is 0 Å². The molecule has 7 heteroatoms. The molecule has 1 heterocycles. The smallest absolute Gasteiger partial charge is 0.223 e. The predicted octanol–water partition coefficient (Wildman–Crippen LogP) is 1.92. The molecule has 1 amide bonds. The largest absolute Gasteiger partial charge is 0.352 e. The summed E-state index contributed by atoms with van der Waals surface area (Å²) >= 11 is 0. The topological polar surface area (TPSA) is 69.7 Å². The van der Waals surface area contributed by atoms with Gasteiger partial charge in [0.2, 0.25) is 15.9 Å². The molecule has 25 heavy (non-hydrogen) atoms. The summed E-state index contributed by atoms with van der Waals surface area (Å²) < 4.78 is 26.1. The summed E-state index contributed by atoms with van der Waals surface area (Å²) in [5.74, 6) is 0.753. The highest BCUT2D eigenvalue weighted by Crippen LogP contribution is 2.21. The molecule has 1 N–H and O–H groups in total. The molecule has 0 aliphatic carbocycles. The third-order valence-electron chi connectivity index (χ3n) is 4.66. The number of hydrogen-bond donors (Lipinski definition) is 1. The Morgan fingerprint density at radius 2 is 1.84 bits per heavy atom. The third-order valence-corrected chi connectivity index (χ3v) is 6.62. The van der Waals surface area contributed by atoms with E-state index in [1.54, 1.807) is 4.31 Å². The van der Waals surface area contributed by atoms with E-state index in [4.69, 9.17) is 0 Å². The molecule has 1 saturated heterocycles. The first-order chi connectivity index (χ1) is 11.7. The molecule has 0 aromatic heterocycles. The molecule has 1 aliphatic heterocycles. The van der Waals surface area contributed by atoms with Gasteiger partial charge in [-0.25, -0.2) is 12.7 Å². The van der Waals surface area contributed by atoms with Gasteiger partial charge < -0.3 is 10.2 Å². The van der Waals surface area contributed by atoms with Crippen LogP contribution >= 0.6 is 0 Å². The number of nitrogens with zero attached hydrogens (tertiary/aromatic N) is 2. The number of sulfonamides is 1. The first kappa shape index (κ1) is 22.4. The number of unbranched alkanes of at least 4 members (excludes halogenated alkanes) is 1. The number of amides is 1. The molecule has 1 atom stereocenters. The predicted molar refractivity (Wildman–Crippen MR) is 103 cm³/mol. The second-order valence-electron chi connectivity index (χ2n) is 7.94. The molecule has 1 fully saturated rings. The molecular weight excluding hydrogens is 338 g/mol. The van der Waals surface area contributed by atoms with Gasteiger partial charge in [0.05, 0.1) is 5.75 Å². The van der Waals surface area contributed by atoms with Crippen molar-refractivity contribution < 1.29 is 13.2 Å². The van der Waals surface area contributed by atoms with Crippen LogP contribution in [0.1, 0.15) is 52.9 Å². The quantitative estimate of drug-likeness (QED) is 0.633. The molecule has 1 rings (SSSR count). The molecule has 0 aromatic carbocycles. The molecule has 0 spiro atoms. The van der Waals surface area contributed by atoms with Crippen LogP contribution in [0.25, 0.3) is 0 Å². The van der Waals surface area contributed by atoms with Gasteiger partial charge in [-0.15, -0.1) is 0 Å². The highest BCUT2D eigenvalue weighted by atomic mass is 32.2. The highest BCUT2D eigenvalue weighted by molar-refractivity contribution is 7.89. The Bertz CT molecular complexity index is 488. The standard InChI is InChI=1S/C18H37N3O3S/c1-6-7-12-25(23,24)21-10-8-16(9-11-21)18(22)19-17(13-15(2)3)14-20(4)5/h15-17H,6-14H2,1-5H3,(H,19,22). The van der Waals surface area contributed by atoms with Gasteiger partial charge >= 0.3 is 0 Å². The van der Waals surface area contributed by atoms with Crippen LogP contribution in [0.15, 0.2) is 0 Å². The van der Waals surface area contributed by atoms with Crippen molar-refractivity contribution in [3.05, 3.63) is 0 Å². The van der Waals surface area contributed by atoms with Crippen LogP contribution in [0.3, 0.4) is 0 Å². The fourth-order valence-electron chi connectivity index (χ4n) is 3.36. The molecule has 1 aliphatic rings. The normalized spacial score (nSPS) is 18.7. The second kappa shape index (κ2) is 10.5. The van der Waals surface area contributed by atoms with Crippen LogP contribution in [0.5, 0.6) is 0 Å². The fraction of sp³-hybridized carbons (Fsp3) is 0.944. The Morgan fingerprint density at radius 3 is 2.32 bits per heavy atom. The Kier molecular flexibility index (Phi) is 9.38. The van der Waals surface area contributed by atoms with Gasteiger partial charge in [0.25, 0.3) is 0 Å². The fourth-order valence-corrected chi connectivity index (χ4v) is 5.04. The van der Waals surface area contributed by atoms with E-state index in [0.29, 0.717) is 38.3 Å². The zero-order valence-corrected chi connectivity index (χ0v) is 17.4. The van der Waals surface area contributed by atoms with E-state index < -0.39 is 10.0 Å².